The molecule has 0 radical (unpaired) electrons. The van der Waals surface area contributed by atoms with Crippen molar-refractivity contribution in [3.8, 4) is 0 Å². The lowest BCUT2D eigenvalue weighted by Crippen LogP contribution is -2.36. The maximum absolute atomic E-state index is 13.2. The van der Waals surface area contributed by atoms with E-state index >= 15 is 0 Å². The maximum Gasteiger partial charge on any atom is 0.325 e. The zero-order valence-electron chi connectivity index (χ0n) is 89.4. The van der Waals surface area contributed by atoms with Crippen LogP contribution in [0.3, 0.4) is 0 Å². The van der Waals surface area contributed by atoms with Gasteiger partial charge in [-0.3, -0.25) is 43.2 Å². The van der Waals surface area contributed by atoms with Crippen LogP contribution >= 0.6 is 35.3 Å². The zero-order valence-corrected chi connectivity index (χ0v) is 91.8. The first-order valence-corrected chi connectivity index (χ1v) is 57.6. The van der Waals surface area contributed by atoms with E-state index in [-0.39, 0.29) is 122 Å². The van der Waals surface area contributed by atoms with Crippen molar-refractivity contribution in [2.75, 3.05) is 137 Å². The van der Waals surface area contributed by atoms with Gasteiger partial charge in [0.25, 0.3) is 15.7 Å². The van der Waals surface area contributed by atoms with Gasteiger partial charge in [0.2, 0.25) is 0 Å². The fourth-order valence-corrected chi connectivity index (χ4v) is 17.4. The summed E-state index contributed by atoms with van der Waals surface area (Å²) in [5.41, 5.74) is 0. The first-order valence-electron chi connectivity index (χ1n) is 54.6. The molecule has 0 rings (SSSR count). The van der Waals surface area contributed by atoms with E-state index in [2.05, 4.69) is 128 Å². The van der Waals surface area contributed by atoms with Crippen LogP contribution < -0.4 is 0 Å². The Morgan fingerprint density at radius 1 is 0.237 bits per heavy atom. The second-order valence-corrected chi connectivity index (χ2v) is 39.9. The van der Waals surface area contributed by atoms with Gasteiger partial charge < -0.3 is 57.8 Å². The molecule has 0 bridgehead atoms. The zero-order chi connectivity index (χ0) is 100. The largest absolute Gasteiger partial charge is 0.462 e. The minimum atomic E-state index is -0.342. The minimum absolute atomic E-state index is 0.0137. The second kappa shape index (κ2) is 105. The molecule has 0 spiro atoms. The second-order valence-electron chi connectivity index (χ2n) is 36.8. The molecule has 0 saturated carbocycles. The van der Waals surface area contributed by atoms with Crippen LogP contribution in [0.4, 0.5) is 14.4 Å². The van der Waals surface area contributed by atoms with Crippen molar-refractivity contribution in [1.82, 2.24) is 29.4 Å². The number of esters is 6. The normalized spacial score (nSPS) is 11.7. The summed E-state index contributed by atoms with van der Waals surface area (Å²) in [5, 5.41) is -0.262. The number of hydrogen-bond acceptors (Lipinski definition) is 21. The third kappa shape index (κ3) is 96.2. The highest BCUT2D eigenvalue weighted by Crippen LogP contribution is 2.24. The first kappa shape index (κ1) is 134. The van der Waals surface area contributed by atoms with E-state index in [1.165, 1.54) is 177 Å². The molecule has 21 nitrogen and oxygen atoms in total. The number of unbranched alkanes of at least 4 members (excludes halogenated alkanes) is 30. The molecule has 0 aliphatic carbocycles. The lowest BCUT2D eigenvalue weighted by atomic mass is 10.0. The predicted octanol–water partition coefficient (Wildman–Crippen LogP) is 29.5. The molecule has 788 valence electrons. The van der Waals surface area contributed by atoms with Crippen LogP contribution in [-0.4, -0.2) is 237 Å². The lowest BCUT2D eigenvalue weighted by Gasteiger charge is -2.24. The topological polar surface area (TPSA) is 228 Å². The van der Waals surface area contributed by atoms with Crippen molar-refractivity contribution in [3.63, 3.8) is 0 Å². The average molecular weight is 1960 g/mol. The molecule has 0 aromatic heterocycles. The molecule has 135 heavy (non-hydrogen) atoms. The molecule has 24 heteroatoms. The van der Waals surface area contributed by atoms with E-state index < -0.39 is 0 Å². The van der Waals surface area contributed by atoms with Gasteiger partial charge in [-0.2, -0.15) is 0 Å². The van der Waals surface area contributed by atoms with Gasteiger partial charge in [-0.1, -0.05) is 346 Å². The Kier molecular flexibility index (Phi) is 104. The number of hydrogen-bond donors (Lipinski definition) is 0. The Morgan fingerprint density at radius 2 is 0.511 bits per heavy atom. The van der Waals surface area contributed by atoms with Gasteiger partial charge >= 0.3 is 35.8 Å². The van der Waals surface area contributed by atoms with Gasteiger partial charge in [0, 0.05) is 75.7 Å². The summed E-state index contributed by atoms with van der Waals surface area (Å²) >= 11 is 3.79. The molecule has 0 atom stereocenters. The van der Waals surface area contributed by atoms with Gasteiger partial charge in [-0.25, -0.2) is 0 Å². The lowest BCUT2D eigenvalue weighted by molar-refractivity contribution is -0.151. The number of ether oxygens (including phenoxy) is 6. The molecule has 0 fully saturated rings. The van der Waals surface area contributed by atoms with Crippen LogP contribution in [-0.2, 0) is 57.2 Å². The summed E-state index contributed by atoms with van der Waals surface area (Å²) in [6, 6.07) is 0. The Balaban J connectivity index is -0.00000194. The van der Waals surface area contributed by atoms with Crippen LogP contribution in [0.15, 0.2) is 60.8 Å². The van der Waals surface area contributed by atoms with E-state index in [4.69, 9.17) is 28.4 Å². The summed E-state index contributed by atoms with van der Waals surface area (Å²) in [6.45, 7) is 31.0. The molecule has 0 aliphatic heterocycles. The molecule has 0 aromatic rings. The number of carbonyl (C=O) groups excluding carboxylic acids is 9. The van der Waals surface area contributed by atoms with Crippen LogP contribution in [0, 0.1) is 0 Å². The summed E-state index contributed by atoms with van der Waals surface area (Å²) in [7, 11) is 8.00. The van der Waals surface area contributed by atoms with Gasteiger partial charge in [0.15, 0.2) is 0 Å². The highest BCUT2D eigenvalue weighted by Gasteiger charge is 2.26. The summed E-state index contributed by atoms with van der Waals surface area (Å²) in [5.74, 6) is 0.398. The van der Waals surface area contributed by atoms with Crippen molar-refractivity contribution in [3.05, 3.63) is 60.8 Å². The van der Waals surface area contributed by atoms with Crippen molar-refractivity contribution >= 4 is 86.8 Å². The SMILES string of the molecule is CCC/C=C/CCC(CC/C=C/CCC)OC(=O)CCCN(CCCC(=O)OC/C=C\CCCCCC)C(=O)SCCN(C)C.CCCCCC/C=C\COC(=O)CCCN(CC(=O)OC(CCCCCCC)CCCCCCC)C(=O)SCCCN(C)C.CCCCCC/C=C\COC(=O)CCCN(CC(=O)OC(CCCCCCC)CCCCCCC)C(=O)SCCCN(CC)CC. The Hall–Kier alpha value is -5.14. The minimum Gasteiger partial charge on any atom is -0.462 e. The Bertz CT molecular complexity index is 2870. The fourth-order valence-electron chi connectivity index (χ4n) is 14.9. The molecule has 0 saturated heterocycles. The van der Waals surface area contributed by atoms with E-state index in [9.17, 15) is 43.2 Å². The van der Waals surface area contributed by atoms with E-state index in [0.717, 1.165) is 206 Å². The number of amides is 3. The Labute approximate surface area is 841 Å². The molecule has 0 N–H and O–H groups in total. The summed E-state index contributed by atoms with van der Waals surface area (Å²) in [6.07, 6.45) is 77.9. The number of nitrogens with zero attached hydrogens (tertiary/aromatic N) is 6. The molecule has 0 unspecified atom stereocenters. The molecule has 0 aromatic carbocycles. The average Bonchev–Trinajstić information content (AvgIpc) is 0.910. The predicted molar refractivity (Wildman–Crippen MR) is 576 cm³/mol. The first-order chi connectivity index (χ1) is 65.6. The number of thioether (sulfide) groups is 3. The van der Waals surface area contributed by atoms with Crippen molar-refractivity contribution in [2.45, 2.75) is 460 Å². The van der Waals surface area contributed by atoms with Gasteiger partial charge in [-0.15, -0.1) is 0 Å². The number of allylic oxidation sites excluding steroid dienone is 7. The van der Waals surface area contributed by atoms with Gasteiger partial charge in [0.05, 0.1) is 0 Å². The fraction of sp³-hybridized carbons (Fsp3) is 0.829. The molecular formula is C111H206N6O15S3. The van der Waals surface area contributed by atoms with E-state index in [1.54, 1.807) is 14.7 Å². The molecule has 0 aliphatic rings. The van der Waals surface area contributed by atoms with Crippen LogP contribution in [0.1, 0.15) is 442 Å². The smallest absolute Gasteiger partial charge is 0.325 e. The van der Waals surface area contributed by atoms with Crippen molar-refractivity contribution in [2.24, 2.45) is 0 Å². The monoisotopic (exact) mass is 1960 g/mol. The number of carbonyl (C=O) groups is 9. The van der Waals surface area contributed by atoms with Crippen LogP contribution in [0.25, 0.3) is 0 Å². The molecular weight excluding hydrogens is 1750 g/mol. The van der Waals surface area contributed by atoms with Crippen LogP contribution in [0.5, 0.6) is 0 Å². The van der Waals surface area contributed by atoms with Gasteiger partial charge in [0.1, 0.15) is 51.2 Å². The van der Waals surface area contributed by atoms with E-state index in [0.29, 0.717) is 75.7 Å². The van der Waals surface area contributed by atoms with Crippen molar-refractivity contribution in [1.29, 1.82) is 0 Å². The molecule has 0 heterocycles. The number of rotatable bonds is 91. The quantitative estimate of drug-likeness (QED) is 0.0238. The standard InChI is InChI=1S/C38H72N2O5S.C37H66N2O5S.C36H68N2O5S/c1-6-11-14-17-18-21-24-32-44-36(41)29-25-31-40(38(43)46-33-26-30-39(9-4)10-5)34-37(42)45-35(27-22-19-15-12-7-2)28-23-20-16-13-8-3;1-6-9-12-15-16-19-22-32-43-35(40)27-23-29-39(37(42)45-33-31-38(4)5)30-24-28-36(41)44-34(25-20-17-13-10-7-2)26-21-18-14-11-8-3;1-6-9-12-15-16-19-22-30-42-34(39)27-23-29-38(36(41)44-31-24-28-37(4)5)32-35(40)43-33(25-20-17-13-10-7-2)26-21-18-14-11-8-3/h21,24,35H,6-20,22-23,25-34H2,1-5H3;13-14,17-19,22,34H,6-12,15-16,20-21,23-33H2,1-5H3;19,22,33H,6-18,20-21,23-32H2,1-5H3/b24-21-;17-13+,18-14+,22-19-;22-19-. The van der Waals surface area contributed by atoms with Gasteiger partial charge in [-0.05, 0) is 221 Å². The van der Waals surface area contributed by atoms with Crippen LogP contribution in [0.2, 0.25) is 0 Å². The van der Waals surface area contributed by atoms with Crippen molar-refractivity contribution < 1.29 is 71.6 Å². The highest BCUT2D eigenvalue weighted by molar-refractivity contribution is 8.14. The third-order valence-electron chi connectivity index (χ3n) is 23.3. The highest BCUT2D eigenvalue weighted by atomic mass is 32.2. The maximum atomic E-state index is 13.2. The molecule has 3 amide bonds. The third-order valence-corrected chi connectivity index (χ3v) is 26.2. The Morgan fingerprint density at radius 3 is 0.837 bits per heavy atom. The summed E-state index contributed by atoms with van der Waals surface area (Å²) in [4.78, 5) is 127. The summed E-state index contributed by atoms with van der Waals surface area (Å²) < 4.78 is 33.9. The van der Waals surface area contributed by atoms with E-state index in [1.807, 2.05) is 51.3 Å².